The molecule has 0 atom stereocenters. The molecule has 2 aromatic carbocycles. The standard InChI is InChI=1S/C21H27N3O2/c1-14(2)9-20(25)23-17-5-7-18(8-6-17)24-21(26)13-22-19-11-15(3)10-16(4)12-19/h5-8,10-12,14,22H,9,13H2,1-4H3,(H,23,25)(H,24,26). The molecule has 0 radical (unpaired) electrons. The Labute approximate surface area is 155 Å². The minimum absolute atomic E-state index is 0.00515. The van der Waals surface area contributed by atoms with Gasteiger partial charge in [0.2, 0.25) is 11.8 Å². The second kappa shape index (κ2) is 9.04. The zero-order chi connectivity index (χ0) is 19.1. The summed E-state index contributed by atoms with van der Waals surface area (Å²) in [5.74, 6) is 0.188. The van der Waals surface area contributed by atoms with Crippen molar-refractivity contribution < 1.29 is 9.59 Å². The molecule has 2 amide bonds. The number of anilines is 3. The van der Waals surface area contributed by atoms with Gasteiger partial charge in [0.25, 0.3) is 0 Å². The Hall–Kier alpha value is -2.82. The predicted octanol–water partition coefficient (Wildman–Crippen LogP) is 4.34. The molecule has 0 spiro atoms. The zero-order valence-corrected chi connectivity index (χ0v) is 15.8. The van der Waals surface area contributed by atoms with E-state index in [4.69, 9.17) is 0 Å². The number of carbonyl (C=O) groups excluding carboxylic acids is 2. The maximum absolute atomic E-state index is 12.1. The van der Waals surface area contributed by atoms with Gasteiger partial charge in [-0.2, -0.15) is 0 Å². The maximum Gasteiger partial charge on any atom is 0.243 e. The van der Waals surface area contributed by atoms with Gasteiger partial charge in [0.05, 0.1) is 6.54 Å². The van der Waals surface area contributed by atoms with Gasteiger partial charge in [0, 0.05) is 23.5 Å². The van der Waals surface area contributed by atoms with Crippen molar-refractivity contribution in [3.8, 4) is 0 Å². The lowest BCUT2D eigenvalue weighted by Gasteiger charge is -2.11. The molecule has 0 bridgehead atoms. The Morgan fingerprint density at radius 3 is 1.81 bits per heavy atom. The molecule has 5 heteroatoms. The highest BCUT2D eigenvalue weighted by atomic mass is 16.2. The van der Waals surface area contributed by atoms with Crippen molar-refractivity contribution in [3.63, 3.8) is 0 Å². The van der Waals surface area contributed by atoms with E-state index in [1.807, 2.05) is 39.8 Å². The van der Waals surface area contributed by atoms with Gasteiger partial charge < -0.3 is 16.0 Å². The van der Waals surface area contributed by atoms with Crippen LogP contribution >= 0.6 is 0 Å². The van der Waals surface area contributed by atoms with Crippen LogP contribution in [0.2, 0.25) is 0 Å². The van der Waals surface area contributed by atoms with Crippen molar-refractivity contribution >= 4 is 28.9 Å². The fourth-order valence-corrected chi connectivity index (χ4v) is 2.68. The van der Waals surface area contributed by atoms with Crippen LogP contribution in [0.25, 0.3) is 0 Å². The number of rotatable bonds is 7. The predicted molar refractivity (Wildman–Crippen MR) is 108 cm³/mol. The number of hydrogen-bond donors (Lipinski definition) is 3. The SMILES string of the molecule is Cc1cc(C)cc(NCC(=O)Nc2ccc(NC(=O)CC(C)C)cc2)c1. The Morgan fingerprint density at radius 1 is 0.808 bits per heavy atom. The van der Waals surface area contributed by atoms with E-state index >= 15 is 0 Å². The third kappa shape index (κ3) is 6.59. The van der Waals surface area contributed by atoms with Gasteiger partial charge in [-0.1, -0.05) is 19.9 Å². The first kappa shape index (κ1) is 19.5. The van der Waals surface area contributed by atoms with Crippen LogP contribution in [0.15, 0.2) is 42.5 Å². The molecule has 2 aromatic rings. The van der Waals surface area contributed by atoms with Crippen LogP contribution in [0.1, 0.15) is 31.4 Å². The summed E-state index contributed by atoms with van der Waals surface area (Å²) in [7, 11) is 0. The minimum Gasteiger partial charge on any atom is -0.376 e. The Bertz CT molecular complexity index is 747. The van der Waals surface area contributed by atoms with Crippen LogP contribution < -0.4 is 16.0 Å². The molecular formula is C21H27N3O2. The van der Waals surface area contributed by atoms with Crippen molar-refractivity contribution in [2.75, 3.05) is 22.5 Å². The first-order valence-electron chi connectivity index (χ1n) is 8.84. The smallest absolute Gasteiger partial charge is 0.243 e. The number of hydrogen-bond acceptors (Lipinski definition) is 3. The van der Waals surface area contributed by atoms with Gasteiger partial charge >= 0.3 is 0 Å². The minimum atomic E-state index is -0.124. The molecule has 26 heavy (non-hydrogen) atoms. The number of aryl methyl sites for hydroxylation is 2. The van der Waals surface area contributed by atoms with Crippen LogP contribution in [0.5, 0.6) is 0 Å². The second-order valence-electron chi connectivity index (χ2n) is 7.00. The average Bonchev–Trinajstić information content (AvgIpc) is 2.53. The summed E-state index contributed by atoms with van der Waals surface area (Å²) in [6.07, 6.45) is 0.489. The molecular weight excluding hydrogens is 326 g/mol. The first-order chi connectivity index (χ1) is 12.3. The van der Waals surface area contributed by atoms with Gasteiger partial charge in [0.1, 0.15) is 0 Å². The van der Waals surface area contributed by atoms with Crippen LogP contribution in [0, 0.1) is 19.8 Å². The lowest BCUT2D eigenvalue weighted by molar-refractivity contribution is -0.117. The lowest BCUT2D eigenvalue weighted by atomic mass is 10.1. The molecule has 0 aromatic heterocycles. The van der Waals surface area contributed by atoms with Crippen molar-refractivity contribution in [2.45, 2.75) is 34.1 Å². The molecule has 0 saturated heterocycles. The van der Waals surface area contributed by atoms with E-state index in [0.29, 0.717) is 18.0 Å². The molecule has 138 valence electrons. The summed E-state index contributed by atoms with van der Waals surface area (Å²) >= 11 is 0. The maximum atomic E-state index is 12.1. The third-order valence-electron chi connectivity index (χ3n) is 3.72. The number of amides is 2. The molecule has 0 aliphatic carbocycles. The van der Waals surface area contributed by atoms with E-state index in [-0.39, 0.29) is 18.4 Å². The van der Waals surface area contributed by atoms with Crippen molar-refractivity contribution in [3.05, 3.63) is 53.6 Å². The van der Waals surface area contributed by atoms with Crippen LogP contribution in [-0.4, -0.2) is 18.4 Å². The van der Waals surface area contributed by atoms with E-state index in [1.54, 1.807) is 24.3 Å². The fourth-order valence-electron chi connectivity index (χ4n) is 2.68. The second-order valence-corrected chi connectivity index (χ2v) is 7.00. The number of carbonyl (C=O) groups is 2. The van der Waals surface area contributed by atoms with Gasteiger partial charge in [-0.25, -0.2) is 0 Å². The quantitative estimate of drug-likeness (QED) is 0.693. The first-order valence-corrected chi connectivity index (χ1v) is 8.84. The molecule has 0 aliphatic heterocycles. The molecule has 0 heterocycles. The van der Waals surface area contributed by atoms with E-state index in [1.165, 1.54) is 0 Å². The van der Waals surface area contributed by atoms with Crippen molar-refractivity contribution in [1.29, 1.82) is 0 Å². The van der Waals surface area contributed by atoms with Gasteiger partial charge in [-0.15, -0.1) is 0 Å². The molecule has 0 aliphatic rings. The van der Waals surface area contributed by atoms with Crippen LogP contribution in [0.3, 0.4) is 0 Å². The highest BCUT2D eigenvalue weighted by Crippen LogP contribution is 2.16. The van der Waals surface area contributed by atoms with Gasteiger partial charge in [0.15, 0.2) is 0 Å². The van der Waals surface area contributed by atoms with E-state index in [2.05, 4.69) is 22.0 Å². The Balaban J connectivity index is 1.84. The van der Waals surface area contributed by atoms with Crippen molar-refractivity contribution in [2.24, 2.45) is 5.92 Å². The van der Waals surface area contributed by atoms with Crippen LogP contribution in [-0.2, 0) is 9.59 Å². The highest BCUT2D eigenvalue weighted by molar-refractivity contribution is 5.94. The average molecular weight is 353 g/mol. The van der Waals surface area contributed by atoms with E-state index in [9.17, 15) is 9.59 Å². The van der Waals surface area contributed by atoms with E-state index < -0.39 is 0 Å². The number of benzene rings is 2. The summed E-state index contributed by atoms with van der Waals surface area (Å²) in [5, 5.41) is 8.82. The van der Waals surface area contributed by atoms with Gasteiger partial charge in [-0.05, 0) is 67.3 Å². The normalized spacial score (nSPS) is 10.5. The third-order valence-corrected chi connectivity index (χ3v) is 3.72. The molecule has 5 nitrogen and oxygen atoms in total. The molecule has 0 fully saturated rings. The summed E-state index contributed by atoms with van der Waals surface area (Å²) in [4.78, 5) is 23.9. The fraction of sp³-hybridized carbons (Fsp3) is 0.333. The summed E-state index contributed by atoms with van der Waals surface area (Å²) < 4.78 is 0. The van der Waals surface area contributed by atoms with Gasteiger partial charge in [-0.3, -0.25) is 9.59 Å². The van der Waals surface area contributed by atoms with Crippen molar-refractivity contribution in [1.82, 2.24) is 0 Å². The Kier molecular flexibility index (Phi) is 6.78. The lowest BCUT2D eigenvalue weighted by Crippen LogP contribution is -2.21. The summed E-state index contributed by atoms with van der Waals surface area (Å²) in [6, 6.07) is 13.2. The zero-order valence-electron chi connectivity index (χ0n) is 15.8. The summed E-state index contributed by atoms with van der Waals surface area (Å²) in [6.45, 7) is 8.25. The van der Waals surface area contributed by atoms with E-state index in [0.717, 1.165) is 22.5 Å². The largest absolute Gasteiger partial charge is 0.376 e. The molecule has 0 saturated carbocycles. The molecule has 0 unspecified atom stereocenters. The Morgan fingerprint density at radius 2 is 1.31 bits per heavy atom. The number of nitrogens with one attached hydrogen (secondary N) is 3. The topological polar surface area (TPSA) is 70.2 Å². The summed E-state index contributed by atoms with van der Waals surface area (Å²) in [5.41, 5.74) is 4.66. The van der Waals surface area contributed by atoms with Crippen LogP contribution in [0.4, 0.5) is 17.1 Å². The molecule has 3 N–H and O–H groups in total. The monoisotopic (exact) mass is 353 g/mol. The highest BCUT2D eigenvalue weighted by Gasteiger charge is 2.06. The molecule has 2 rings (SSSR count).